The summed E-state index contributed by atoms with van der Waals surface area (Å²) in [4.78, 5) is 25.2. The maximum Gasteiger partial charge on any atom is 0.393 e. The number of aromatic nitrogens is 2. The molecule has 4 heterocycles. The molecule has 2 N–H and O–H groups in total. The molecule has 0 saturated carbocycles. The SMILES string of the molecule is C[C@@H]1CCCNc2ccc(N3CCCC(C(F)(F)F)C3)nc2N1C(=O)Nc1ccncc1. The molecule has 0 aliphatic carbocycles. The van der Waals surface area contributed by atoms with Gasteiger partial charge < -0.3 is 15.5 Å². The van der Waals surface area contributed by atoms with Crippen molar-refractivity contribution in [3.05, 3.63) is 36.7 Å². The van der Waals surface area contributed by atoms with E-state index in [1.54, 1.807) is 46.5 Å². The number of halogens is 3. The van der Waals surface area contributed by atoms with E-state index in [4.69, 9.17) is 4.98 Å². The van der Waals surface area contributed by atoms with Gasteiger partial charge >= 0.3 is 12.2 Å². The second-order valence-corrected chi connectivity index (χ2v) is 8.32. The fraction of sp³-hybridized carbons (Fsp3) is 0.500. The lowest BCUT2D eigenvalue weighted by Crippen LogP contribution is -2.44. The maximum atomic E-state index is 13.3. The molecule has 0 bridgehead atoms. The molecular formula is C22H27F3N6O. The minimum Gasteiger partial charge on any atom is -0.382 e. The van der Waals surface area contributed by atoms with E-state index >= 15 is 0 Å². The summed E-state index contributed by atoms with van der Waals surface area (Å²) in [7, 11) is 0. The highest BCUT2D eigenvalue weighted by Crippen LogP contribution is 2.36. The van der Waals surface area contributed by atoms with Crippen LogP contribution < -0.4 is 20.4 Å². The van der Waals surface area contributed by atoms with Gasteiger partial charge in [-0.15, -0.1) is 0 Å². The van der Waals surface area contributed by atoms with Crippen molar-refractivity contribution >= 4 is 29.0 Å². The van der Waals surface area contributed by atoms with Gasteiger partial charge in [-0.3, -0.25) is 9.88 Å². The zero-order valence-electron chi connectivity index (χ0n) is 17.9. The Hall–Kier alpha value is -3.04. The van der Waals surface area contributed by atoms with Crippen LogP contribution in [0.25, 0.3) is 0 Å². The third kappa shape index (κ3) is 4.89. The van der Waals surface area contributed by atoms with E-state index in [0.717, 1.165) is 19.4 Å². The van der Waals surface area contributed by atoms with Gasteiger partial charge in [0, 0.05) is 43.8 Å². The number of hydrogen-bond acceptors (Lipinski definition) is 5. The van der Waals surface area contributed by atoms with E-state index in [1.165, 1.54) is 0 Å². The normalized spacial score (nSPS) is 21.8. The average Bonchev–Trinajstić information content (AvgIpc) is 2.76. The highest BCUT2D eigenvalue weighted by atomic mass is 19.4. The van der Waals surface area contributed by atoms with Crippen molar-refractivity contribution in [1.82, 2.24) is 9.97 Å². The number of nitrogens with one attached hydrogen (secondary N) is 2. The van der Waals surface area contributed by atoms with Crippen LogP contribution in [0.3, 0.4) is 0 Å². The van der Waals surface area contributed by atoms with Crippen LogP contribution in [0, 0.1) is 5.92 Å². The van der Waals surface area contributed by atoms with Crippen LogP contribution in [0.1, 0.15) is 32.6 Å². The lowest BCUT2D eigenvalue weighted by molar-refractivity contribution is -0.176. The predicted octanol–water partition coefficient (Wildman–Crippen LogP) is 4.89. The molecule has 0 aromatic carbocycles. The van der Waals surface area contributed by atoms with Crippen LogP contribution in [-0.2, 0) is 0 Å². The van der Waals surface area contributed by atoms with Crippen LogP contribution in [-0.4, -0.2) is 47.9 Å². The van der Waals surface area contributed by atoms with Gasteiger partial charge in [0.25, 0.3) is 0 Å². The number of alkyl halides is 3. The molecule has 2 aromatic heterocycles. The van der Waals surface area contributed by atoms with Gasteiger partial charge in [-0.1, -0.05) is 0 Å². The van der Waals surface area contributed by atoms with Crippen molar-refractivity contribution in [3.8, 4) is 0 Å². The molecule has 1 saturated heterocycles. The van der Waals surface area contributed by atoms with Gasteiger partial charge in [-0.2, -0.15) is 13.2 Å². The predicted molar refractivity (Wildman–Crippen MR) is 118 cm³/mol. The monoisotopic (exact) mass is 448 g/mol. The molecule has 7 nitrogen and oxygen atoms in total. The van der Waals surface area contributed by atoms with Gasteiger partial charge in [0.2, 0.25) is 0 Å². The van der Waals surface area contributed by atoms with Crippen molar-refractivity contribution in [3.63, 3.8) is 0 Å². The number of amides is 2. The maximum absolute atomic E-state index is 13.3. The molecule has 1 fully saturated rings. The van der Waals surface area contributed by atoms with E-state index in [-0.39, 0.29) is 25.0 Å². The highest BCUT2D eigenvalue weighted by Gasteiger charge is 2.42. The van der Waals surface area contributed by atoms with Crippen LogP contribution in [0.5, 0.6) is 0 Å². The largest absolute Gasteiger partial charge is 0.393 e. The molecule has 2 amide bonds. The molecule has 0 spiro atoms. The number of nitrogens with zero attached hydrogens (tertiary/aromatic N) is 4. The number of carbonyl (C=O) groups excluding carboxylic acids is 1. The Bertz CT molecular complexity index is 939. The molecule has 2 aliphatic rings. The first kappa shape index (κ1) is 22.2. The van der Waals surface area contributed by atoms with Crippen LogP contribution in [0.15, 0.2) is 36.7 Å². The third-order valence-corrected chi connectivity index (χ3v) is 6.00. The van der Waals surface area contributed by atoms with E-state index < -0.39 is 12.1 Å². The number of carbonyl (C=O) groups is 1. The van der Waals surface area contributed by atoms with Crippen molar-refractivity contribution in [2.45, 2.75) is 44.8 Å². The molecule has 2 aromatic rings. The molecular weight excluding hydrogens is 421 g/mol. The topological polar surface area (TPSA) is 73.4 Å². The number of anilines is 4. The molecule has 172 valence electrons. The summed E-state index contributed by atoms with van der Waals surface area (Å²) in [5, 5.41) is 6.18. The van der Waals surface area contributed by atoms with Crippen molar-refractivity contribution < 1.29 is 18.0 Å². The molecule has 10 heteroatoms. The quantitative estimate of drug-likeness (QED) is 0.685. The van der Waals surface area contributed by atoms with E-state index in [9.17, 15) is 18.0 Å². The summed E-state index contributed by atoms with van der Waals surface area (Å²) in [6.07, 6.45) is 1.17. The Morgan fingerprint density at radius 2 is 1.94 bits per heavy atom. The second-order valence-electron chi connectivity index (χ2n) is 8.32. The Labute approximate surface area is 185 Å². The lowest BCUT2D eigenvalue weighted by Gasteiger charge is -2.36. The summed E-state index contributed by atoms with van der Waals surface area (Å²) in [5.74, 6) is -0.493. The minimum absolute atomic E-state index is 0.124. The van der Waals surface area contributed by atoms with Gasteiger partial charge in [-0.05, 0) is 56.9 Å². The van der Waals surface area contributed by atoms with Gasteiger partial charge in [0.05, 0.1) is 11.6 Å². The molecule has 32 heavy (non-hydrogen) atoms. The first-order valence-electron chi connectivity index (χ1n) is 10.9. The van der Waals surface area contributed by atoms with Crippen LogP contribution in [0.2, 0.25) is 0 Å². The number of pyridine rings is 2. The summed E-state index contributed by atoms with van der Waals surface area (Å²) in [6.45, 7) is 3.07. The van der Waals surface area contributed by atoms with E-state index in [1.807, 2.05) is 6.92 Å². The fourth-order valence-electron chi connectivity index (χ4n) is 4.26. The first-order chi connectivity index (χ1) is 15.3. The number of urea groups is 1. The second kappa shape index (κ2) is 9.22. The number of fused-ring (bicyclic) bond motifs is 1. The summed E-state index contributed by atoms with van der Waals surface area (Å²) < 4.78 is 39.9. The Morgan fingerprint density at radius 1 is 1.16 bits per heavy atom. The number of hydrogen-bond donors (Lipinski definition) is 2. The van der Waals surface area contributed by atoms with Crippen molar-refractivity contribution in [2.24, 2.45) is 5.92 Å². The summed E-state index contributed by atoms with van der Waals surface area (Å²) in [6, 6.07) is 6.45. The Kier molecular flexibility index (Phi) is 6.38. The van der Waals surface area contributed by atoms with Gasteiger partial charge in [-0.25, -0.2) is 9.78 Å². The number of rotatable bonds is 2. The average molecular weight is 448 g/mol. The standard InChI is InChI=1S/C22H27F3N6O/c1-15-4-2-10-27-18-6-7-19(30-13-3-5-16(14-30)22(23,24)25)29-20(18)31(15)21(32)28-17-8-11-26-12-9-17/h6-9,11-12,15-16,27H,2-5,10,13-14H2,1H3,(H,26,28,32)/t15-,16?/m1/s1. The molecule has 0 radical (unpaired) electrons. The minimum atomic E-state index is -4.23. The van der Waals surface area contributed by atoms with Crippen molar-refractivity contribution in [2.75, 3.05) is 40.1 Å². The first-order valence-corrected chi connectivity index (χ1v) is 10.9. The highest BCUT2D eigenvalue weighted by molar-refractivity contribution is 6.03. The van der Waals surface area contributed by atoms with Gasteiger partial charge in [0.1, 0.15) is 5.82 Å². The molecule has 2 atom stereocenters. The smallest absolute Gasteiger partial charge is 0.382 e. The zero-order valence-corrected chi connectivity index (χ0v) is 17.9. The van der Waals surface area contributed by atoms with Crippen LogP contribution >= 0.6 is 0 Å². The molecule has 1 unspecified atom stereocenters. The molecule has 2 aliphatic heterocycles. The Balaban J connectivity index is 1.65. The van der Waals surface area contributed by atoms with Crippen LogP contribution in [0.4, 0.5) is 41.0 Å². The zero-order chi connectivity index (χ0) is 22.7. The Morgan fingerprint density at radius 3 is 2.69 bits per heavy atom. The summed E-state index contributed by atoms with van der Waals surface area (Å²) in [5.41, 5.74) is 1.29. The van der Waals surface area contributed by atoms with Crippen molar-refractivity contribution in [1.29, 1.82) is 0 Å². The van der Waals surface area contributed by atoms with E-state index in [0.29, 0.717) is 36.0 Å². The lowest BCUT2D eigenvalue weighted by atomic mass is 9.97. The molecule has 4 rings (SSSR count). The third-order valence-electron chi connectivity index (χ3n) is 6.00. The fourth-order valence-corrected chi connectivity index (χ4v) is 4.26. The van der Waals surface area contributed by atoms with Gasteiger partial charge in [0.15, 0.2) is 5.82 Å². The summed E-state index contributed by atoms with van der Waals surface area (Å²) >= 11 is 0. The van der Waals surface area contributed by atoms with E-state index in [2.05, 4.69) is 15.6 Å². The number of piperidine rings is 1.